The largest absolute Gasteiger partial charge is 0.385 e. The second kappa shape index (κ2) is 6.66. The van der Waals surface area contributed by atoms with Crippen LogP contribution in [0.2, 0.25) is 0 Å². The third-order valence-corrected chi connectivity index (χ3v) is 3.87. The molecule has 0 spiro atoms. The Morgan fingerprint density at radius 1 is 1.33 bits per heavy atom. The molecule has 5 heteroatoms. The number of hydrogen-bond donors (Lipinski definition) is 3. The minimum absolute atomic E-state index is 0.0821. The van der Waals surface area contributed by atoms with E-state index < -0.39 is 0 Å². The maximum absolute atomic E-state index is 11.3. The molecule has 98 valence electrons. The maximum atomic E-state index is 11.3. The lowest BCUT2D eigenvalue weighted by Gasteiger charge is -2.17. The van der Waals surface area contributed by atoms with Crippen molar-refractivity contribution in [1.29, 1.82) is 0 Å². The van der Waals surface area contributed by atoms with Crippen molar-refractivity contribution in [1.82, 2.24) is 5.32 Å². The summed E-state index contributed by atoms with van der Waals surface area (Å²) >= 11 is 1.59. The standard InChI is InChI=1S/C13H19N3OS/c1-14-6-2-3-7-15-10-4-5-12-11(8-10)16-13(17)9-18-12/h4-5,8,14-15H,2-3,6-7,9H2,1H3,(H,16,17). The molecular weight excluding hydrogens is 246 g/mol. The smallest absolute Gasteiger partial charge is 0.234 e. The molecule has 18 heavy (non-hydrogen) atoms. The Morgan fingerprint density at radius 2 is 2.17 bits per heavy atom. The highest BCUT2D eigenvalue weighted by atomic mass is 32.2. The number of rotatable bonds is 6. The van der Waals surface area contributed by atoms with E-state index >= 15 is 0 Å². The van der Waals surface area contributed by atoms with Crippen LogP contribution in [0, 0.1) is 0 Å². The summed E-state index contributed by atoms with van der Waals surface area (Å²) in [5.74, 6) is 0.600. The van der Waals surface area contributed by atoms with Gasteiger partial charge in [0.1, 0.15) is 0 Å². The molecule has 1 aliphatic rings. The summed E-state index contributed by atoms with van der Waals surface area (Å²) in [6.07, 6.45) is 2.31. The summed E-state index contributed by atoms with van der Waals surface area (Å²) in [6.45, 7) is 2.01. The minimum atomic E-state index is 0.0821. The van der Waals surface area contributed by atoms with Gasteiger partial charge in [0.2, 0.25) is 5.91 Å². The van der Waals surface area contributed by atoms with Crippen LogP contribution >= 0.6 is 11.8 Å². The molecule has 0 bridgehead atoms. The maximum Gasteiger partial charge on any atom is 0.234 e. The van der Waals surface area contributed by atoms with Crippen molar-refractivity contribution >= 4 is 29.0 Å². The van der Waals surface area contributed by atoms with E-state index in [-0.39, 0.29) is 5.91 Å². The van der Waals surface area contributed by atoms with Gasteiger partial charge in [-0.05, 0) is 44.6 Å². The van der Waals surface area contributed by atoms with Gasteiger partial charge in [0, 0.05) is 17.1 Å². The van der Waals surface area contributed by atoms with E-state index in [0.29, 0.717) is 5.75 Å². The summed E-state index contributed by atoms with van der Waals surface area (Å²) < 4.78 is 0. The first-order valence-electron chi connectivity index (χ1n) is 6.25. The Balaban J connectivity index is 1.86. The van der Waals surface area contributed by atoms with Gasteiger partial charge in [-0.25, -0.2) is 0 Å². The van der Waals surface area contributed by atoms with Gasteiger partial charge in [0.15, 0.2) is 0 Å². The van der Waals surface area contributed by atoms with Crippen LogP contribution in [0.5, 0.6) is 0 Å². The Hall–Kier alpha value is -1.20. The number of nitrogens with one attached hydrogen (secondary N) is 3. The quantitative estimate of drug-likeness (QED) is 0.690. The van der Waals surface area contributed by atoms with Crippen LogP contribution < -0.4 is 16.0 Å². The molecule has 0 saturated heterocycles. The fourth-order valence-corrected chi connectivity index (χ4v) is 2.64. The zero-order valence-corrected chi connectivity index (χ0v) is 11.4. The summed E-state index contributed by atoms with van der Waals surface area (Å²) in [6, 6.07) is 6.15. The van der Waals surface area contributed by atoms with E-state index in [1.807, 2.05) is 13.1 Å². The topological polar surface area (TPSA) is 53.2 Å². The molecule has 1 aliphatic heterocycles. The first-order valence-corrected chi connectivity index (χ1v) is 7.23. The molecule has 0 unspecified atom stereocenters. The van der Waals surface area contributed by atoms with Crippen LogP contribution in [0.3, 0.4) is 0 Å². The van der Waals surface area contributed by atoms with Gasteiger partial charge < -0.3 is 16.0 Å². The Bertz CT molecular complexity index is 423. The van der Waals surface area contributed by atoms with Crippen LogP contribution in [0.15, 0.2) is 23.1 Å². The van der Waals surface area contributed by atoms with E-state index in [2.05, 4.69) is 28.1 Å². The average Bonchev–Trinajstić information content (AvgIpc) is 2.38. The van der Waals surface area contributed by atoms with Gasteiger partial charge in [0.25, 0.3) is 0 Å². The number of benzene rings is 1. The predicted octanol–water partition coefficient (Wildman–Crippen LogP) is 2.14. The van der Waals surface area contributed by atoms with E-state index in [9.17, 15) is 4.79 Å². The van der Waals surface area contributed by atoms with E-state index in [0.717, 1.165) is 35.8 Å². The van der Waals surface area contributed by atoms with Gasteiger partial charge in [-0.2, -0.15) is 0 Å². The molecule has 4 nitrogen and oxygen atoms in total. The molecule has 1 amide bonds. The van der Waals surface area contributed by atoms with Crippen molar-refractivity contribution in [3.63, 3.8) is 0 Å². The summed E-state index contributed by atoms with van der Waals surface area (Å²) in [5, 5.41) is 9.42. The highest BCUT2D eigenvalue weighted by Crippen LogP contribution is 2.33. The summed E-state index contributed by atoms with van der Waals surface area (Å²) in [4.78, 5) is 12.5. The number of amides is 1. The van der Waals surface area contributed by atoms with Crippen molar-refractivity contribution in [2.75, 3.05) is 36.5 Å². The number of fused-ring (bicyclic) bond motifs is 1. The number of carbonyl (C=O) groups is 1. The number of anilines is 2. The molecule has 0 radical (unpaired) electrons. The molecule has 1 heterocycles. The van der Waals surface area contributed by atoms with Crippen molar-refractivity contribution in [2.45, 2.75) is 17.7 Å². The second-order valence-electron chi connectivity index (χ2n) is 4.29. The van der Waals surface area contributed by atoms with Crippen LogP contribution in [0.25, 0.3) is 0 Å². The number of unbranched alkanes of at least 4 members (excludes halogenated alkanes) is 1. The van der Waals surface area contributed by atoms with E-state index in [1.165, 1.54) is 6.42 Å². The zero-order chi connectivity index (χ0) is 12.8. The van der Waals surface area contributed by atoms with Crippen molar-refractivity contribution in [3.8, 4) is 0 Å². The normalized spacial score (nSPS) is 13.9. The van der Waals surface area contributed by atoms with Gasteiger partial charge in [0.05, 0.1) is 11.4 Å². The lowest BCUT2D eigenvalue weighted by molar-refractivity contribution is -0.113. The molecule has 0 saturated carbocycles. The van der Waals surface area contributed by atoms with Gasteiger partial charge in [-0.1, -0.05) is 0 Å². The highest BCUT2D eigenvalue weighted by Gasteiger charge is 2.15. The number of hydrogen-bond acceptors (Lipinski definition) is 4. The Morgan fingerprint density at radius 3 is 3.00 bits per heavy atom. The molecule has 1 aromatic rings. The molecule has 1 aromatic carbocycles. The molecule has 3 N–H and O–H groups in total. The predicted molar refractivity (Wildman–Crippen MR) is 77.4 cm³/mol. The first kappa shape index (κ1) is 13.2. The Labute approximate surface area is 112 Å². The van der Waals surface area contributed by atoms with E-state index in [4.69, 9.17) is 0 Å². The first-order chi connectivity index (χ1) is 8.79. The van der Waals surface area contributed by atoms with Crippen molar-refractivity contribution in [3.05, 3.63) is 18.2 Å². The summed E-state index contributed by atoms with van der Waals surface area (Å²) in [7, 11) is 1.97. The van der Waals surface area contributed by atoms with Crippen molar-refractivity contribution < 1.29 is 4.79 Å². The third-order valence-electron chi connectivity index (χ3n) is 2.80. The molecule has 2 rings (SSSR count). The Kier molecular flexibility index (Phi) is 4.90. The van der Waals surface area contributed by atoms with Crippen LogP contribution in [-0.2, 0) is 4.79 Å². The molecule has 0 aliphatic carbocycles. The number of carbonyl (C=O) groups excluding carboxylic acids is 1. The van der Waals surface area contributed by atoms with Crippen LogP contribution in [0.1, 0.15) is 12.8 Å². The van der Waals surface area contributed by atoms with Gasteiger partial charge >= 0.3 is 0 Å². The SMILES string of the molecule is CNCCCCNc1ccc2c(c1)NC(=O)CS2. The fraction of sp³-hybridized carbons (Fsp3) is 0.462. The molecule has 0 fully saturated rings. The third kappa shape index (κ3) is 3.65. The fourth-order valence-electron chi connectivity index (χ4n) is 1.85. The summed E-state index contributed by atoms with van der Waals surface area (Å²) in [5.41, 5.74) is 2.00. The zero-order valence-electron chi connectivity index (χ0n) is 10.6. The molecule has 0 aromatic heterocycles. The lowest BCUT2D eigenvalue weighted by Crippen LogP contribution is -2.18. The van der Waals surface area contributed by atoms with Crippen LogP contribution in [-0.4, -0.2) is 31.8 Å². The lowest BCUT2D eigenvalue weighted by atomic mass is 10.2. The monoisotopic (exact) mass is 265 g/mol. The number of thioether (sulfide) groups is 1. The van der Waals surface area contributed by atoms with Gasteiger partial charge in [-0.3, -0.25) is 4.79 Å². The minimum Gasteiger partial charge on any atom is -0.385 e. The highest BCUT2D eigenvalue weighted by molar-refractivity contribution is 8.00. The van der Waals surface area contributed by atoms with E-state index in [1.54, 1.807) is 11.8 Å². The van der Waals surface area contributed by atoms with Crippen molar-refractivity contribution in [2.24, 2.45) is 0 Å². The second-order valence-corrected chi connectivity index (χ2v) is 5.30. The van der Waals surface area contributed by atoms with Crippen LogP contribution in [0.4, 0.5) is 11.4 Å². The average molecular weight is 265 g/mol. The molecular formula is C13H19N3OS. The van der Waals surface area contributed by atoms with Gasteiger partial charge in [-0.15, -0.1) is 11.8 Å². The molecule has 0 atom stereocenters.